The Bertz CT molecular complexity index is 695. The number of nitrogens with one attached hydrogen (secondary N) is 3. The molecule has 0 radical (unpaired) electrons. The highest BCUT2D eigenvalue weighted by Gasteiger charge is 2.47. The summed E-state index contributed by atoms with van der Waals surface area (Å²) in [6, 6.07) is 3.65. The van der Waals surface area contributed by atoms with Crippen molar-refractivity contribution in [2.75, 3.05) is 11.8 Å². The lowest BCUT2D eigenvalue weighted by Crippen LogP contribution is -2.44. The predicted molar refractivity (Wildman–Crippen MR) is 83.3 cm³/mol. The molecule has 1 aromatic rings. The number of aryl methyl sites for hydroxylation is 1. The minimum Gasteiger partial charge on any atom is -0.469 e. The number of ether oxygens (including phenoxy) is 1. The highest BCUT2D eigenvalue weighted by molar-refractivity contribution is 7.93. The number of carbonyl (C=O) groups is 1. The van der Waals surface area contributed by atoms with Gasteiger partial charge >= 0.3 is 5.97 Å². The van der Waals surface area contributed by atoms with Crippen LogP contribution in [0.2, 0.25) is 0 Å². The van der Waals surface area contributed by atoms with Gasteiger partial charge in [0, 0.05) is 6.04 Å². The quantitative estimate of drug-likeness (QED) is 0.686. The lowest BCUT2D eigenvalue weighted by atomic mass is 10.00. The molecule has 0 aliphatic carbocycles. The van der Waals surface area contributed by atoms with E-state index in [0.717, 1.165) is 6.07 Å². The number of hydrogen-bond donors (Lipinski definition) is 3. The Kier molecular flexibility index (Phi) is 5.23. The van der Waals surface area contributed by atoms with Crippen LogP contribution in [-0.2, 0) is 19.6 Å². The van der Waals surface area contributed by atoms with E-state index < -0.39 is 33.1 Å². The maximum absolute atomic E-state index is 13.6. The number of benzene rings is 1. The van der Waals surface area contributed by atoms with Gasteiger partial charge < -0.3 is 4.74 Å². The van der Waals surface area contributed by atoms with Crippen molar-refractivity contribution in [1.29, 1.82) is 0 Å². The van der Waals surface area contributed by atoms with Crippen LogP contribution in [0.3, 0.4) is 0 Å². The molecule has 0 amide bonds. The fraction of sp³-hybridized carbons (Fsp3) is 0.500. The summed E-state index contributed by atoms with van der Waals surface area (Å²) < 4.78 is 45.7. The molecule has 3 atom stereocenters. The molecule has 9 heteroatoms. The molecule has 0 saturated carbocycles. The number of hydrazine groups is 1. The number of anilines is 1. The van der Waals surface area contributed by atoms with Crippen molar-refractivity contribution in [1.82, 2.24) is 10.9 Å². The van der Waals surface area contributed by atoms with Crippen LogP contribution in [-0.4, -0.2) is 32.9 Å². The Morgan fingerprint density at radius 1 is 1.39 bits per heavy atom. The van der Waals surface area contributed by atoms with Gasteiger partial charge in [0.1, 0.15) is 11.7 Å². The lowest BCUT2D eigenvalue weighted by molar-refractivity contribution is -0.145. The highest BCUT2D eigenvalue weighted by atomic mass is 32.2. The fourth-order valence-corrected chi connectivity index (χ4v) is 4.01. The SMILES string of the molecule is CCC1NNC(S(=O)(=O)Nc2ccc(C)c(F)c2)C1C(=O)OC. The normalized spacial score (nSPS) is 24.4. The number of halogens is 1. The molecule has 1 aliphatic heterocycles. The van der Waals surface area contributed by atoms with E-state index in [4.69, 9.17) is 4.74 Å². The Balaban J connectivity index is 2.27. The largest absolute Gasteiger partial charge is 0.469 e. The number of rotatable bonds is 5. The first-order chi connectivity index (χ1) is 10.8. The summed E-state index contributed by atoms with van der Waals surface area (Å²) in [4.78, 5) is 11.9. The third-order valence-corrected chi connectivity index (χ3v) is 5.45. The molecule has 23 heavy (non-hydrogen) atoms. The van der Waals surface area contributed by atoms with Gasteiger partial charge in [-0.3, -0.25) is 14.9 Å². The minimum absolute atomic E-state index is 0.0958. The smallest absolute Gasteiger partial charge is 0.313 e. The zero-order valence-corrected chi connectivity index (χ0v) is 13.9. The van der Waals surface area contributed by atoms with Gasteiger partial charge in [-0.15, -0.1) is 0 Å². The second kappa shape index (κ2) is 6.81. The van der Waals surface area contributed by atoms with Crippen molar-refractivity contribution in [3.05, 3.63) is 29.6 Å². The van der Waals surface area contributed by atoms with Crippen molar-refractivity contribution < 1.29 is 22.3 Å². The van der Waals surface area contributed by atoms with Crippen LogP contribution in [0, 0.1) is 18.7 Å². The van der Waals surface area contributed by atoms with Crippen molar-refractivity contribution in [3.8, 4) is 0 Å². The van der Waals surface area contributed by atoms with Crippen molar-refractivity contribution in [2.45, 2.75) is 31.7 Å². The van der Waals surface area contributed by atoms with Gasteiger partial charge in [0.2, 0.25) is 0 Å². The molecule has 1 fully saturated rings. The summed E-state index contributed by atoms with van der Waals surface area (Å²) in [6.07, 6.45) is 0.540. The summed E-state index contributed by atoms with van der Waals surface area (Å²) in [5.74, 6) is -2.05. The van der Waals surface area contributed by atoms with E-state index in [1.165, 1.54) is 19.2 Å². The van der Waals surface area contributed by atoms with E-state index in [2.05, 4.69) is 15.6 Å². The zero-order valence-electron chi connectivity index (χ0n) is 13.1. The van der Waals surface area contributed by atoms with E-state index in [-0.39, 0.29) is 11.7 Å². The van der Waals surface area contributed by atoms with Gasteiger partial charge in [-0.1, -0.05) is 13.0 Å². The van der Waals surface area contributed by atoms with Gasteiger partial charge in [0.05, 0.1) is 12.8 Å². The Labute approximate surface area is 134 Å². The first-order valence-corrected chi connectivity index (χ1v) is 8.71. The molecule has 128 valence electrons. The molecule has 0 aromatic heterocycles. The number of sulfonamides is 1. The number of methoxy groups -OCH3 is 1. The third kappa shape index (κ3) is 3.62. The van der Waals surface area contributed by atoms with Gasteiger partial charge in [0.15, 0.2) is 5.37 Å². The number of carbonyl (C=O) groups excluding carboxylic acids is 1. The summed E-state index contributed by atoms with van der Waals surface area (Å²) in [5.41, 5.74) is 5.91. The molecule has 1 aliphatic rings. The van der Waals surface area contributed by atoms with E-state index in [0.29, 0.717) is 12.0 Å². The molecule has 1 saturated heterocycles. The third-order valence-electron chi connectivity index (χ3n) is 3.85. The molecular weight excluding hydrogens is 325 g/mol. The molecule has 2 rings (SSSR count). The van der Waals surface area contributed by atoms with Crippen LogP contribution in [0.4, 0.5) is 10.1 Å². The summed E-state index contributed by atoms with van der Waals surface area (Å²) in [7, 11) is -2.77. The van der Waals surface area contributed by atoms with E-state index in [9.17, 15) is 17.6 Å². The molecule has 3 unspecified atom stereocenters. The highest BCUT2D eigenvalue weighted by Crippen LogP contribution is 2.25. The topological polar surface area (TPSA) is 96.5 Å². The van der Waals surface area contributed by atoms with Gasteiger partial charge in [0.25, 0.3) is 10.0 Å². The summed E-state index contributed by atoms with van der Waals surface area (Å²) >= 11 is 0. The van der Waals surface area contributed by atoms with Gasteiger partial charge in [-0.2, -0.15) is 0 Å². The standard InChI is InChI=1S/C14H20FN3O4S/c1-4-11-12(14(19)22-3)13(17-16-11)23(20,21)18-9-6-5-8(2)10(15)7-9/h5-7,11-13,16-18H,4H2,1-3H3. The van der Waals surface area contributed by atoms with Crippen LogP contribution in [0.5, 0.6) is 0 Å². The van der Waals surface area contributed by atoms with E-state index in [1.807, 2.05) is 6.92 Å². The fourth-order valence-electron chi connectivity index (χ4n) is 2.51. The van der Waals surface area contributed by atoms with Crippen LogP contribution >= 0.6 is 0 Å². The number of hydrogen-bond acceptors (Lipinski definition) is 6. The Morgan fingerprint density at radius 3 is 2.65 bits per heavy atom. The van der Waals surface area contributed by atoms with Crippen LogP contribution in [0.25, 0.3) is 0 Å². The molecule has 7 nitrogen and oxygen atoms in total. The molecule has 0 bridgehead atoms. The Hall–Kier alpha value is -1.71. The monoisotopic (exact) mass is 345 g/mol. The second-order valence-corrected chi connectivity index (χ2v) is 7.19. The molecular formula is C14H20FN3O4S. The van der Waals surface area contributed by atoms with Gasteiger partial charge in [-0.05, 0) is 31.0 Å². The van der Waals surface area contributed by atoms with Gasteiger partial charge in [-0.25, -0.2) is 18.2 Å². The lowest BCUT2D eigenvalue weighted by Gasteiger charge is -2.20. The molecule has 0 spiro atoms. The van der Waals surface area contributed by atoms with Crippen molar-refractivity contribution >= 4 is 21.7 Å². The first kappa shape index (κ1) is 17.6. The summed E-state index contributed by atoms with van der Waals surface area (Å²) in [5, 5.41) is -1.22. The second-order valence-electron chi connectivity index (χ2n) is 5.38. The van der Waals surface area contributed by atoms with Crippen molar-refractivity contribution in [2.24, 2.45) is 5.92 Å². The van der Waals surface area contributed by atoms with E-state index in [1.54, 1.807) is 6.92 Å². The van der Waals surface area contributed by atoms with Crippen LogP contribution in [0.15, 0.2) is 18.2 Å². The average molecular weight is 345 g/mol. The first-order valence-electron chi connectivity index (χ1n) is 7.16. The predicted octanol–water partition coefficient (Wildman–Crippen LogP) is 0.878. The maximum Gasteiger partial charge on any atom is 0.313 e. The zero-order chi connectivity index (χ0) is 17.2. The average Bonchev–Trinajstić information content (AvgIpc) is 2.94. The van der Waals surface area contributed by atoms with Crippen LogP contribution < -0.4 is 15.6 Å². The minimum atomic E-state index is -3.98. The van der Waals surface area contributed by atoms with Crippen LogP contribution in [0.1, 0.15) is 18.9 Å². The maximum atomic E-state index is 13.6. The molecule has 3 N–H and O–H groups in total. The summed E-state index contributed by atoms with van der Waals surface area (Å²) in [6.45, 7) is 3.41. The molecule has 1 heterocycles. The van der Waals surface area contributed by atoms with E-state index >= 15 is 0 Å². The Morgan fingerprint density at radius 2 is 2.09 bits per heavy atom. The molecule has 1 aromatic carbocycles. The van der Waals surface area contributed by atoms with Crippen molar-refractivity contribution in [3.63, 3.8) is 0 Å². The number of esters is 1.